The molecule has 0 unspecified atom stereocenters. The van der Waals surface area contributed by atoms with Crippen molar-refractivity contribution in [3.05, 3.63) is 34.5 Å². The molecular weight excluding hydrogens is 258 g/mol. The Morgan fingerprint density at radius 2 is 2.28 bits per heavy atom. The number of fused-ring (bicyclic) bond motifs is 1. The number of hydrogen-bond acceptors (Lipinski definition) is 4. The Labute approximate surface area is 108 Å². The summed E-state index contributed by atoms with van der Waals surface area (Å²) in [6.45, 7) is 0.246. The quantitative estimate of drug-likeness (QED) is 0.680. The summed E-state index contributed by atoms with van der Waals surface area (Å²) in [5.74, 6) is 0.0104. The highest BCUT2D eigenvalue weighted by Gasteiger charge is 2.16. The maximum atomic E-state index is 11.6. The van der Waals surface area contributed by atoms with E-state index in [1.807, 2.05) is 0 Å². The zero-order chi connectivity index (χ0) is 13.1. The molecule has 0 spiro atoms. The fourth-order valence-electron chi connectivity index (χ4n) is 1.66. The molecule has 0 saturated carbocycles. The monoisotopic (exact) mass is 267 g/mol. The summed E-state index contributed by atoms with van der Waals surface area (Å²) < 4.78 is 10.2. The van der Waals surface area contributed by atoms with Gasteiger partial charge in [0, 0.05) is 10.4 Å². The van der Waals surface area contributed by atoms with Gasteiger partial charge in [0.2, 0.25) is 6.41 Å². The molecule has 0 saturated heterocycles. The van der Waals surface area contributed by atoms with Gasteiger partial charge in [-0.05, 0) is 18.2 Å². The average Bonchev–Trinajstić information content (AvgIpc) is 2.76. The van der Waals surface area contributed by atoms with Crippen molar-refractivity contribution in [1.29, 1.82) is 0 Å². The van der Waals surface area contributed by atoms with Gasteiger partial charge in [-0.15, -0.1) is 0 Å². The second-order valence-corrected chi connectivity index (χ2v) is 4.01. The summed E-state index contributed by atoms with van der Waals surface area (Å²) in [6.07, 6.45) is 0.571. The third kappa shape index (κ3) is 2.31. The van der Waals surface area contributed by atoms with Crippen LogP contribution in [0, 0.1) is 0 Å². The molecule has 0 bridgehead atoms. The highest BCUT2D eigenvalue weighted by molar-refractivity contribution is 6.32. The van der Waals surface area contributed by atoms with Crippen molar-refractivity contribution < 1.29 is 18.7 Å². The number of halogens is 1. The summed E-state index contributed by atoms with van der Waals surface area (Å²) in [5.41, 5.74) is 0.659. The fourth-order valence-corrected chi connectivity index (χ4v) is 1.89. The van der Waals surface area contributed by atoms with Crippen LogP contribution in [-0.2, 0) is 16.1 Å². The van der Waals surface area contributed by atoms with Gasteiger partial charge in [0.1, 0.15) is 16.9 Å². The molecule has 0 aliphatic heterocycles. The molecule has 2 rings (SSSR count). The van der Waals surface area contributed by atoms with Gasteiger partial charge in [0.15, 0.2) is 0 Å². The summed E-state index contributed by atoms with van der Waals surface area (Å²) in [5, 5.41) is 3.58. The highest BCUT2D eigenvalue weighted by Crippen LogP contribution is 2.27. The number of ether oxygens (including phenoxy) is 1. The maximum absolute atomic E-state index is 11.6. The lowest BCUT2D eigenvalue weighted by molar-refractivity contribution is -0.109. The van der Waals surface area contributed by atoms with Gasteiger partial charge in [-0.3, -0.25) is 4.79 Å². The molecule has 0 fully saturated rings. The minimum absolute atomic E-state index is 0.246. The summed E-state index contributed by atoms with van der Waals surface area (Å²) in [6, 6.07) is 4.87. The van der Waals surface area contributed by atoms with Crippen LogP contribution in [0.25, 0.3) is 11.0 Å². The number of amides is 1. The Balaban J connectivity index is 2.52. The molecule has 0 aliphatic carbocycles. The Bertz CT molecular complexity index is 605. The van der Waals surface area contributed by atoms with Crippen LogP contribution in [-0.4, -0.2) is 19.5 Å². The molecule has 18 heavy (non-hydrogen) atoms. The van der Waals surface area contributed by atoms with Gasteiger partial charge in [-0.25, -0.2) is 4.79 Å². The van der Waals surface area contributed by atoms with Crippen molar-refractivity contribution in [2.75, 3.05) is 7.11 Å². The lowest BCUT2D eigenvalue weighted by Gasteiger charge is -2.00. The minimum atomic E-state index is -0.522. The van der Waals surface area contributed by atoms with E-state index >= 15 is 0 Å². The number of hydrogen-bond donors (Lipinski definition) is 1. The lowest BCUT2D eigenvalue weighted by atomic mass is 10.1. The van der Waals surface area contributed by atoms with Gasteiger partial charge in [-0.2, -0.15) is 0 Å². The van der Waals surface area contributed by atoms with Crippen LogP contribution in [0.3, 0.4) is 0 Å². The second kappa shape index (κ2) is 5.10. The summed E-state index contributed by atoms with van der Waals surface area (Å²) in [4.78, 5) is 21.8. The lowest BCUT2D eigenvalue weighted by Crippen LogP contribution is -2.08. The van der Waals surface area contributed by atoms with Crippen molar-refractivity contribution in [3.63, 3.8) is 0 Å². The van der Waals surface area contributed by atoms with Crippen molar-refractivity contribution >= 4 is 34.9 Å². The molecule has 0 aliphatic rings. The van der Waals surface area contributed by atoms with Crippen molar-refractivity contribution in [2.24, 2.45) is 0 Å². The smallest absolute Gasteiger partial charge is 0.341 e. The third-order valence-electron chi connectivity index (χ3n) is 2.40. The van der Waals surface area contributed by atoms with Crippen molar-refractivity contribution in [1.82, 2.24) is 5.32 Å². The Hall–Kier alpha value is -2.01. The number of furan rings is 1. The Kier molecular flexibility index (Phi) is 3.53. The zero-order valence-electron chi connectivity index (χ0n) is 9.53. The molecule has 0 radical (unpaired) electrons. The number of carbonyl (C=O) groups excluding carboxylic acids is 2. The van der Waals surface area contributed by atoms with Crippen LogP contribution in [0.2, 0.25) is 5.02 Å². The van der Waals surface area contributed by atoms with E-state index in [1.165, 1.54) is 13.2 Å². The molecule has 5 nitrogen and oxygen atoms in total. The topological polar surface area (TPSA) is 68.5 Å². The third-order valence-corrected chi connectivity index (χ3v) is 2.62. The predicted molar refractivity (Wildman–Crippen MR) is 65.5 cm³/mol. The van der Waals surface area contributed by atoms with Gasteiger partial charge >= 0.3 is 5.97 Å². The highest BCUT2D eigenvalue weighted by atomic mass is 35.5. The van der Waals surface area contributed by atoms with E-state index in [-0.39, 0.29) is 12.1 Å². The molecule has 6 heteroatoms. The first-order valence-electron chi connectivity index (χ1n) is 5.13. The SMILES string of the molecule is COC(=O)c1cc(Cl)cc2cc(CNC=O)oc12. The molecule has 1 aromatic carbocycles. The molecule has 2 aromatic rings. The number of rotatable bonds is 4. The molecule has 1 amide bonds. The normalized spacial score (nSPS) is 10.3. The number of methoxy groups -OCH3 is 1. The van der Waals surface area contributed by atoms with E-state index in [0.717, 1.165) is 0 Å². The van der Waals surface area contributed by atoms with Gasteiger partial charge < -0.3 is 14.5 Å². The van der Waals surface area contributed by atoms with E-state index in [9.17, 15) is 9.59 Å². The van der Waals surface area contributed by atoms with Crippen LogP contribution < -0.4 is 5.32 Å². The van der Waals surface area contributed by atoms with Gasteiger partial charge in [0.05, 0.1) is 13.7 Å². The number of nitrogens with one attached hydrogen (secondary N) is 1. The summed E-state index contributed by atoms with van der Waals surface area (Å²) >= 11 is 5.92. The fraction of sp³-hybridized carbons (Fsp3) is 0.167. The minimum Gasteiger partial charge on any atom is -0.465 e. The van der Waals surface area contributed by atoms with E-state index < -0.39 is 5.97 Å². The van der Waals surface area contributed by atoms with E-state index in [1.54, 1.807) is 12.1 Å². The first-order valence-corrected chi connectivity index (χ1v) is 5.51. The van der Waals surface area contributed by atoms with Crippen LogP contribution in [0.1, 0.15) is 16.1 Å². The first-order chi connectivity index (χ1) is 8.65. The van der Waals surface area contributed by atoms with E-state index in [0.29, 0.717) is 28.2 Å². The Morgan fingerprint density at radius 1 is 1.50 bits per heavy atom. The standard InChI is InChI=1S/C12H10ClNO4/c1-17-12(16)10-4-8(13)2-7-3-9(5-14-6-15)18-11(7)10/h2-4,6H,5H2,1H3,(H,14,15). The molecular formula is C12H10ClNO4. The number of carbonyl (C=O) groups is 2. The van der Waals surface area contributed by atoms with Crippen LogP contribution in [0.15, 0.2) is 22.6 Å². The van der Waals surface area contributed by atoms with Crippen molar-refractivity contribution in [3.8, 4) is 0 Å². The number of benzene rings is 1. The molecule has 1 N–H and O–H groups in total. The number of esters is 1. The largest absolute Gasteiger partial charge is 0.465 e. The molecule has 1 aromatic heterocycles. The van der Waals surface area contributed by atoms with Crippen LogP contribution >= 0.6 is 11.6 Å². The zero-order valence-corrected chi connectivity index (χ0v) is 10.3. The molecule has 94 valence electrons. The average molecular weight is 268 g/mol. The maximum Gasteiger partial charge on any atom is 0.341 e. The summed E-state index contributed by atoms with van der Waals surface area (Å²) in [7, 11) is 1.28. The van der Waals surface area contributed by atoms with E-state index in [4.69, 9.17) is 16.0 Å². The second-order valence-electron chi connectivity index (χ2n) is 3.57. The van der Waals surface area contributed by atoms with Crippen LogP contribution in [0.5, 0.6) is 0 Å². The van der Waals surface area contributed by atoms with E-state index in [2.05, 4.69) is 10.1 Å². The van der Waals surface area contributed by atoms with Gasteiger partial charge in [-0.1, -0.05) is 11.6 Å². The Morgan fingerprint density at radius 3 is 2.94 bits per heavy atom. The predicted octanol–water partition coefficient (Wildman–Crippen LogP) is 2.12. The van der Waals surface area contributed by atoms with Crippen molar-refractivity contribution in [2.45, 2.75) is 6.54 Å². The van der Waals surface area contributed by atoms with Gasteiger partial charge in [0.25, 0.3) is 0 Å². The first kappa shape index (κ1) is 12.4. The van der Waals surface area contributed by atoms with Crippen LogP contribution in [0.4, 0.5) is 0 Å². The molecule has 0 atom stereocenters. The molecule has 1 heterocycles.